The van der Waals surface area contributed by atoms with Crippen molar-refractivity contribution in [2.75, 3.05) is 19.5 Å². The molecule has 0 saturated carbocycles. The van der Waals surface area contributed by atoms with Crippen LogP contribution in [0.5, 0.6) is 11.5 Å². The lowest BCUT2D eigenvalue weighted by atomic mass is 10.1. The summed E-state index contributed by atoms with van der Waals surface area (Å²) in [7, 11) is 3.03. The lowest BCUT2D eigenvalue weighted by molar-refractivity contribution is 0.0977. The highest BCUT2D eigenvalue weighted by molar-refractivity contribution is 7.80. The molecule has 0 fully saturated rings. The van der Waals surface area contributed by atoms with Gasteiger partial charge in [-0.25, -0.2) is 4.98 Å². The standard InChI is InChI=1S/C24H19Cl2N3O4S/c1-31-19-8-5-14(10-20(19)32-2)23(30)29-24(34)27-16-6-3-13(4-7-16)9-21-28-18-12-15(25)11-17(26)22(18)33-21/h3-8,10-12H,9H2,1-2H3,(H2,27,29,30,34). The Balaban J connectivity index is 1.37. The van der Waals surface area contributed by atoms with Crippen LogP contribution in [0.1, 0.15) is 21.8 Å². The Hall–Kier alpha value is -3.33. The summed E-state index contributed by atoms with van der Waals surface area (Å²) in [4.78, 5) is 17.0. The number of anilines is 1. The lowest BCUT2D eigenvalue weighted by Gasteiger charge is -2.12. The first-order valence-corrected chi connectivity index (χ1v) is 11.2. The number of fused-ring (bicyclic) bond motifs is 1. The largest absolute Gasteiger partial charge is 0.493 e. The molecule has 174 valence electrons. The van der Waals surface area contributed by atoms with E-state index in [1.54, 1.807) is 30.3 Å². The molecule has 0 atom stereocenters. The highest BCUT2D eigenvalue weighted by atomic mass is 35.5. The van der Waals surface area contributed by atoms with Crippen LogP contribution < -0.4 is 20.1 Å². The Kier molecular flexibility index (Phi) is 7.21. The summed E-state index contributed by atoms with van der Waals surface area (Å²) in [5.41, 5.74) is 3.20. The smallest absolute Gasteiger partial charge is 0.257 e. The molecule has 0 aliphatic rings. The van der Waals surface area contributed by atoms with E-state index < -0.39 is 0 Å². The van der Waals surface area contributed by atoms with Crippen molar-refractivity contribution in [2.24, 2.45) is 0 Å². The summed E-state index contributed by atoms with van der Waals surface area (Å²) >= 11 is 17.5. The number of carbonyl (C=O) groups excluding carboxylic acids is 1. The second-order valence-corrected chi connectivity index (χ2v) is 8.45. The molecule has 0 unspecified atom stereocenters. The molecule has 34 heavy (non-hydrogen) atoms. The Morgan fingerprint density at radius 3 is 2.47 bits per heavy atom. The van der Waals surface area contributed by atoms with E-state index in [2.05, 4.69) is 15.6 Å². The molecule has 10 heteroatoms. The molecule has 3 aromatic carbocycles. The number of ether oxygens (including phenoxy) is 2. The molecule has 0 saturated heterocycles. The van der Waals surface area contributed by atoms with Gasteiger partial charge in [0.1, 0.15) is 5.52 Å². The molecule has 1 amide bonds. The fourth-order valence-electron chi connectivity index (χ4n) is 3.28. The Labute approximate surface area is 211 Å². The van der Waals surface area contributed by atoms with Gasteiger partial charge >= 0.3 is 0 Å². The molecular weight excluding hydrogens is 497 g/mol. The zero-order valence-electron chi connectivity index (χ0n) is 18.1. The van der Waals surface area contributed by atoms with Gasteiger partial charge in [-0.05, 0) is 60.2 Å². The van der Waals surface area contributed by atoms with E-state index in [-0.39, 0.29) is 11.0 Å². The van der Waals surface area contributed by atoms with Crippen molar-refractivity contribution < 1.29 is 18.7 Å². The number of carbonyl (C=O) groups is 1. The van der Waals surface area contributed by atoms with E-state index in [4.69, 9.17) is 49.3 Å². The third kappa shape index (κ3) is 5.41. The van der Waals surface area contributed by atoms with Gasteiger partial charge in [0.25, 0.3) is 5.91 Å². The number of halogens is 2. The number of oxazole rings is 1. The quantitative estimate of drug-likeness (QED) is 0.310. The van der Waals surface area contributed by atoms with Crippen molar-refractivity contribution in [3.05, 3.63) is 81.7 Å². The number of rotatable bonds is 6. The minimum atomic E-state index is -0.371. The number of amides is 1. The van der Waals surface area contributed by atoms with E-state index in [0.717, 1.165) is 5.56 Å². The van der Waals surface area contributed by atoms with E-state index in [1.165, 1.54) is 14.2 Å². The highest BCUT2D eigenvalue weighted by Gasteiger charge is 2.13. The first kappa shape index (κ1) is 23.8. The van der Waals surface area contributed by atoms with Gasteiger partial charge < -0.3 is 19.2 Å². The molecule has 0 aliphatic carbocycles. The molecular formula is C24H19Cl2N3O4S. The van der Waals surface area contributed by atoms with E-state index in [1.807, 2.05) is 24.3 Å². The highest BCUT2D eigenvalue weighted by Crippen LogP contribution is 2.29. The number of aromatic nitrogens is 1. The van der Waals surface area contributed by atoms with Gasteiger partial charge in [0.2, 0.25) is 0 Å². The molecule has 1 heterocycles. The number of benzene rings is 3. The maximum absolute atomic E-state index is 12.5. The average Bonchev–Trinajstić information content (AvgIpc) is 3.22. The van der Waals surface area contributed by atoms with Crippen molar-refractivity contribution in [1.29, 1.82) is 0 Å². The fourth-order valence-corrected chi connectivity index (χ4v) is 4.01. The predicted molar refractivity (Wildman–Crippen MR) is 137 cm³/mol. The Morgan fingerprint density at radius 2 is 1.76 bits per heavy atom. The molecule has 7 nitrogen and oxygen atoms in total. The molecule has 0 spiro atoms. The number of nitrogens with one attached hydrogen (secondary N) is 2. The number of hydrogen-bond donors (Lipinski definition) is 2. The van der Waals surface area contributed by atoms with Gasteiger partial charge in [-0.2, -0.15) is 0 Å². The van der Waals surface area contributed by atoms with Gasteiger partial charge in [-0.1, -0.05) is 35.3 Å². The average molecular weight is 516 g/mol. The van der Waals surface area contributed by atoms with Crippen molar-refractivity contribution in [2.45, 2.75) is 6.42 Å². The maximum Gasteiger partial charge on any atom is 0.257 e. The third-order valence-corrected chi connectivity index (χ3v) is 5.60. The number of methoxy groups -OCH3 is 2. The Bertz CT molecular complexity index is 1370. The maximum atomic E-state index is 12.5. The van der Waals surface area contributed by atoms with Crippen molar-refractivity contribution >= 4 is 63.2 Å². The van der Waals surface area contributed by atoms with Gasteiger partial charge in [0, 0.05) is 22.7 Å². The summed E-state index contributed by atoms with van der Waals surface area (Å²) < 4.78 is 16.2. The number of nitrogens with zero attached hydrogens (tertiary/aromatic N) is 1. The van der Waals surface area contributed by atoms with E-state index in [0.29, 0.717) is 56.2 Å². The molecule has 4 rings (SSSR count). The van der Waals surface area contributed by atoms with Gasteiger partial charge in [0.15, 0.2) is 28.1 Å². The molecule has 2 N–H and O–H groups in total. The van der Waals surface area contributed by atoms with E-state index in [9.17, 15) is 4.79 Å². The summed E-state index contributed by atoms with van der Waals surface area (Å²) in [6.07, 6.45) is 0.476. The minimum Gasteiger partial charge on any atom is -0.493 e. The zero-order chi connectivity index (χ0) is 24.2. The SMILES string of the molecule is COc1ccc(C(=O)NC(=S)Nc2ccc(Cc3nc4cc(Cl)cc(Cl)c4o3)cc2)cc1OC. The van der Waals surface area contributed by atoms with Crippen LogP contribution in [0.15, 0.2) is 59.0 Å². The summed E-state index contributed by atoms with van der Waals surface area (Å²) in [5, 5.41) is 6.73. The first-order chi connectivity index (χ1) is 16.4. The van der Waals surface area contributed by atoms with Crippen LogP contribution in [0.2, 0.25) is 10.0 Å². The first-order valence-electron chi connectivity index (χ1n) is 10.0. The molecule has 0 radical (unpaired) electrons. The van der Waals surface area contributed by atoms with Crippen LogP contribution in [0.4, 0.5) is 5.69 Å². The zero-order valence-corrected chi connectivity index (χ0v) is 20.5. The number of thiocarbonyl (C=S) groups is 1. The van der Waals surface area contributed by atoms with Crippen molar-refractivity contribution in [3.8, 4) is 11.5 Å². The van der Waals surface area contributed by atoms with Gasteiger partial charge in [-0.15, -0.1) is 0 Å². The summed E-state index contributed by atoms with van der Waals surface area (Å²) in [6.45, 7) is 0. The summed E-state index contributed by atoms with van der Waals surface area (Å²) in [6, 6.07) is 15.7. The fraction of sp³-hybridized carbons (Fsp3) is 0.125. The van der Waals surface area contributed by atoms with Crippen LogP contribution in [-0.2, 0) is 6.42 Å². The lowest BCUT2D eigenvalue weighted by Crippen LogP contribution is -2.34. The Morgan fingerprint density at radius 1 is 1.03 bits per heavy atom. The molecule has 1 aromatic heterocycles. The topological polar surface area (TPSA) is 85.6 Å². The van der Waals surface area contributed by atoms with Crippen LogP contribution in [-0.4, -0.2) is 30.2 Å². The summed E-state index contributed by atoms with van der Waals surface area (Å²) in [5.74, 6) is 1.14. The minimum absolute atomic E-state index is 0.165. The second kappa shape index (κ2) is 10.3. The van der Waals surface area contributed by atoms with Crippen LogP contribution in [0, 0.1) is 0 Å². The van der Waals surface area contributed by atoms with Crippen LogP contribution in [0.25, 0.3) is 11.1 Å². The molecule has 0 bridgehead atoms. The number of hydrogen-bond acceptors (Lipinski definition) is 6. The normalized spacial score (nSPS) is 10.7. The third-order valence-electron chi connectivity index (χ3n) is 4.89. The van der Waals surface area contributed by atoms with Crippen molar-refractivity contribution in [3.63, 3.8) is 0 Å². The molecule has 0 aliphatic heterocycles. The van der Waals surface area contributed by atoms with Gasteiger partial charge in [0.05, 0.1) is 19.2 Å². The second-order valence-electron chi connectivity index (χ2n) is 7.20. The van der Waals surface area contributed by atoms with E-state index >= 15 is 0 Å². The van der Waals surface area contributed by atoms with Crippen LogP contribution >= 0.6 is 35.4 Å². The van der Waals surface area contributed by atoms with Crippen LogP contribution in [0.3, 0.4) is 0 Å². The monoisotopic (exact) mass is 515 g/mol. The predicted octanol–water partition coefficient (Wildman–Crippen LogP) is 5.87. The molecule has 4 aromatic rings. The van der Waals surface area contributed by atoms with Gasteiger partial charge in [-0.3, -0.25) is 10.1 Å². The van der Waals surface area contributed by atoms with Crippen molar-refractivity contribution in [1.82, 2.24) is 10.3 Å².